The lowest BCUT2D eigenvalue weighted by atomic mass is 10.3. The highest BCUT2D eigenvalue weighted by Crippen LogP contribution is 2.12. The van der Waals surface area contributed by atoms with Crippen LogP contribution >= 0.6 is 11.6 Å². The zero-order valence-electron chi connectivity index (χ0n) is 7.49. The summed E-state index contributed by atoms with van der Waals surface area (Å²) in [7, 11) is 0. The Labute approximate surface area is 85.7 Å². The first kappa shape index (κ1) is 10.5. The third-order valence-corrected chi connectivity index (χ3v) is 1.70. The van der Waals surface area contributed by atoms with Crippen molar-refractivity contribution in [3.8, 4) is 0 Å². The van der Waals surface area contributed by atoms with Crippen LogP contribution in [0.5, 0.6) is 0 Å². The summed E-state index contributed by atoms with van der Waals surface area (Å²) in [6.07, 6.45) is 0. The van der Waals surface area contributed by atoms with Gasteiger partial charge in [0.25, 0.3) is 0 Å². The Morgan fingerprint density at radius 2 is 2.29 bits per heavy atom. The molecule has 76 valence electrons. The molecule has 0 aliphatic rings. The van der Waals surface area contributed by atoms with Gasteiger partial charge in [-0.1, -0.05) is 11.6 Å². The number of carbonyl (C=O) groups excluding carboxylic acids is 1. The van der Waals surface area contributed by atoms with E-state index in [2.05, 4.69) is 15.3 Å². The summed E-state index contributed by atoms with van der Waals surface area (Å²) in [5, 5.41) is 2.94. The first-order valence-electron chi connectivity index (χ1n) is 3.85. The summed E-state index contributed by atoms with van der Waals surface area (Å²) in [5.41, 5.74) is 10.4. The predicted octanol–water partition coefficient (Wildman–Crippen LogP) is -0.00210. The molecule has 1 rings (SSSR count). The Morgan fingerprint density at radius 1 is 1.64 bits per heavy atom. The first-order chi connectivity index (χ1) is 6.49. The number of carbonyl (C=O) groups is 1. The van der Waals surface area contributed by atoms with E-state index in [4.69, 9.17) is 23.1 Å². The number of anilines is 2. The van der Waals surface area contributed by atoms with Crippen LogP contribution < -0.4 is 16.8 Å². The lowest BCUT2D eigenvalue weighted by molar-refractivity contribution is -0.118. The zero-order chi connectivity index (χ0) is 10.7. The van der Waals surface area contributed by atoms with Gasteiger partial charge in [-0.2, -0.15) is 4.98 Å². The van der Waals surface area contributed by atoms with Gasteiger partial charge in [0.05, 0.1) is 0 Å². The summed E-state index contributed by atoms with van der Waals surface area (Å²) < 4.78 is 0. The van der Waals surface area contributed by atoms with Crippen LogP contribution in [0, 0.1) is 0 Å². The molecule has 0 radical (unpaired) electrons. The van der Waals surface area contributed by atoms with E-state index in [1.165, 1.54) is 6.07 Å². The molecule has 0 spiro atoms. The lowest BCUT2D eigenvalue weighted by Gasteiger charge is -2.10. The molecule has 14 heavy (non-hydrogen) atoms. The zero-order valence-corrected chi connectivity index (χ0v) is 8.25. The highest BCUT2D eigenvalue weighted by atomic mass is 35.5. The third-order valence-electron chi connectivity index (χ3n) is 1.50. The van der Waals surface area contributed by atoms with Crippen molar-refractivity contribution in [1.82, 2.24) is 9.97 Å². The number of hydrogen-bond acceptors (Lipinski definition) is 5. The van der Waals surface area contributed by atoms with E-state index in [0.29, 0.717) is 5.82 Å². The van der Waals surface area contributed by atoms with Gasteiger partial charge < -0.3 is 16.8 Å². The van der Waals surface area contributed by atoms with Gasteiger partial charge in [0, 0.05) is 6.07 Å². The molecule has 0 saturated carbocycles. The molecule has 5 N–H and O–H groups in total. The van der Waals surface area contributed by atoms with Crippen molar-refractivity contribution in [3.05, 3.63) is 11.2 Å². The SMILES string of the molecule is CC(Nc1cc(Cl)nc(N)n1)C(N)=O. The first-order valence-corrected chi connectivity index (χ1v) is 4.22. The minimum Gasteiger partial charge on any atom is -0.368 e. The number of nitrogen functional groups attached to an aromatic ring is 1. The maximum atomic E-state index is 10.7. The van der Waals surface area contributed by atoms with Crippen molar-refractivity contribution in [2.75, 3.05) is 11.1 Å². The molecule has 1 heterocycles. The molecule has 0 aliphatic heterocycles. The van der Waals surface area contributed by atoms with Crippen LogP contribution in [0.4, 0.5) is 11.8 Å². The van der Waals surface area contributed by atoms with Crippen LogP contribution in [-0.2, 0) is 4.79 Å². The molecule has 0 aromatic carbocycles. The Bertz CT molecular complexity index is 336. The highest BCUT2D eigenvalue weighted by molar-refractivity contribution is 6.29. The highest BCUT2D eigenvalue weighted by Gasteiger charge is 2.09. The number of nitrogens with two attached hydrogens (primary N) is 2. The van der Waals surface area contributed by atoms with Gasteiger partial charge in [-0.3, -0.25) is 4.79 Å². The van der Waals surface area contributed by atoms with Crippen molar-refractivity contribution < 1.29 is 4.79 Å². The van der Waals surface area contributed by atoms with E-state index in [-0.39, 0.29) is 11.1 Å². The Hall–Kier alpha value is -1.56. The number of hydrogen-bond donors (Lipinski definition) is 3. The minimum atomic E-state index is -0.541. The van der Waals surface area contributed by atoms with Crippen LogP contribution in [0.15, 0.2) is 6.07 Å². The molecule has 6 nitrogen and oxygen atoms in total. The molecular weight excluding hydrogens is 206 g/mol. The Kier molecular flexibility index (Phi) is 3.08. The summed E-state index contributed by atoms with van der Waals surface area (Å²) in [4.78, 5) is 18.2. The maximum Gasteiger partial charge on any atom is 0.239 e. The van der Waals surface area contributed by atoms with Gasteiger partial charge in [-0.15, -0.1) is 0 Å². The summed E-state index contributed by atoms with van der Waals surface area (Å²) >= 11 is 5.63. The fourth-order valence-electron chi connectivity index (χ4n) is 0.802. The number of aromatic nitrogens is 2. The van der Waals surface area contributed by atoms with E-state index >= 15 is 0 Å². The third kappa shape index (κ3) is 2.74. The normalized spacial score (nSPS) is 12.1. The van der Waals surface area contributed by atoms with Gasteiger partial charge in [-0.05, 0) is 6.92 Å². The largest absolute Gasteiger partial charge is 0.368 e. The van der Waals surface area contributed by atoms with Crippen molar-refractivity contribution in [3.63, 3.8) is 0 Å². The molecule has 1 atom stereocenters. The van der Waals surface area contributed by atoms with E-state index < -0.39 is 11.9 Å². The molecule has 0 fully saturated rings. The summed E-state index contributed by atoms with van der Waals surface area (Å²) in [6, 6.07) is 0.914. The fraction of sp³-hybridized carbons (Fsp3) is 0.286. The lowest BCUT2D eigenvalue weighted by Crippen LogP contribution is -2.32. The van der Waals surface area contributed by atoms with Crippen LogP contribution in [-0.4, -0.2) is 21.9 Å². The van der Waals surface area contributed by atoms with Crippen molar-refractivity contribution in [2.45, 2.75) is 13.0 Å². The molecule has 0 saturated heterocycles. The predicted molar refractivity (Wildman–Crippen MR) is 53.7 cm³/mol. The van der Waals surface area contributed by atoms with E-state index in [0.717, 1.165) is 0 Å². The summed E-state index contributed by atoms with van der Waals surface area (Å²) in [6.45, 7) is 1.61. The standard InChI is InChI=1S/C7H10ClN5O/c1-3(6(9)14)11-5-2-4(8)12-7(10)13-5/h2-3H,1H3,(H2,9,14)(H3,10,11,12,13). The molecule has 0 aliphatic carbocycles. The van der Waals surface area contributed by atoms with E-state index in [1.807, 2.05) is 0 Å². The molecule has 1 amide bonds. The number of amides is 1. The number of nitrogens with zero attached hydrogens (tertiary/aromatic N) is 2. The average molecular weight is 216 g/mol. The molecule has 1 aromatic rings. The van der Waals surface area contributed by atoms with Crippen LogP contribution in [0.25, 0.3) is 0 Å². The number of nitrogens with one attached hydrogen (secondary N) is 1. The fourth-order valence-corrected chi connectivity index (χ4v) is 0.992. The van der Waals surface area contributed by atoms with Crippen molar-refractivity contribution >= 4 is 29.3 Å². The Balaban J connectivity index is 2.81. The minimum absolute atomic E-state index is 0.0386. The second-order valence-corrected chi connectivity index (χ2v) is 3.09. The number of halogens is 1. The van der Waals surface area contributed by atoms with Crippen molar-refractivity contribution in [1.29, 1.82) is 0 Å². The quantitative estimate of drug-likeness (QED) is 0.615. The second kappa shape index (κ2) is 4.10. The van der Waals surface area contributed by atoms with E-state index in [1.54, 1.807) is 6.92 Å². The molecule has 7 heteroatoms. The van der Waals surface area contributed by atoms with Gasteiger partial charge in [0.2, 0.25) is 11.9 Å². The van der Waals surface area contributed by atoms with Gasteiger partial charge in [-0.25, -0.2) is 4.98 Å². The maximum absolute atomic E-state index is 10.7. The monoisotopic (exact) mass is 215 g/mol. The number of rotatable bonds is 3. The average Bonchev–Trinajstić information content (AvgIpc) is 2.01. The summed E-state index contributed by atoms with van der Waals surface area (Å²) in [5.74, 6) is -0.0798. The Morgan fingerprint density at radius 3 is 2.79 bits per heavy atom. The molecule has 0 bridgehead atoms. The molecule has 1 unspecified atom stereocenters. The van der Waals surface area contributed by atoms with Crippen LogP contribution in [0.3, 0.4) is 0 Å². The second-order valence-electron chi connectivity index (χ2n) is 2.70. The smallest absolute Gasteiger partial charge is 0.239 e. The van der Waals surface area contributed by atoms with Gasteiger partial charge in [0.15, 0.2) is 0 Å². The van der Waals surface area contributed by atoms with Crippen LogP contribution in [0.1, 0.15) is 6.92 Å². The topological polar surface area (TPSA) is 107 Å². The molecular formula is C7H10ClN5O. The van der Waals surface area contributed by atoms with Gasteiger partial charge in [0.1, 0.15) is 17.0 Å². The van der Waals surface area contributed by atoms with Crippen LogP contribution in [0.2, 0.25) is 5.15 Å². The van der Waals surface area contributed by atoms with Crippen molar-refractivity contribution in [2.24, 2.45) is 5.73 Å². The van der Waals surface area contributed by atoms with E-state index in [9.17, 15) is 4.79 Å². The number of primary amides is 1. The van der Waals surface area contributed by atoms with Gasteiger partial charge >= 0.3 is 0 Å². The molecule has 1 aromatic heterocycles.